The van der Waals surface area contributed by atoms with Gasteiger partial charge in [-0.2, -0.15) is 0 Å². The van der Waals surface area contributed by atoms with Crippen LogP contribution < -0.4 is 5.32 Å². The molecule has 0 unspecified atom stereocenters. The summed E-state index contributed by atoms with van der Waals surface area (Å²) in [4.78, 5) is 13.7. The van der Waals surface area contributed by atoms with Crippen molar-refractivity contribution in [2.24, 2.45) is 0 Å². The molecule has 8 nitrogen and oxygen atoms in total. The minimum Gasteiger partial charge on any atom is -0.381 e. The Kier molecular flexibility index (Phi) is 4.39. The first-order valence-electron chi connectivity index (χ1n) is 9.70. The van der Waals surface area contributed by atoms with Gasteiger partial charge in [0.15, 0.2) is 5.65 Å². The summed E-state index contributed by atoms with van der Waals surface area (Å²) in [6.07, 6.45) is 5.94. The fraction of sp³-hybridized carbons (Fsp3) is 0.400. The Morgan fingerprint density at radius 2 is 2.10 bits per heavy atom. The first-order valence-corrected chi connectivity index (χ1v) is 9.70. The number of imidazole rings is 1. The number of pyridine rings is 1. The summed E-state index contributed by atoms with van der Waals surface area (Å²) in [5.41, 5.74) is 4.02. The highest BCUT2D eigenvalue weighted by atomic mass is 19.1. The number of nitrogens with one attached hydrogen (secondary N) is 1. The van der Waals surface area contributed by atoms with Gasteiger partial charge in [-0.3, -0.25) is 0 Å². The van der Waals surface area contributed by atoms with Crippen LogP contribution in [0.2, 0.25) is 0 Å². The zero-order valence-electron chi connectivity index (χ0n) is 16.3. The molecule has 1 N–H and O–H groups in total. The van der Waals surface area contributed by atoms with Crippen molar-refractivity contribution >= 4 is 22.6 Å². The van der Waals surface area contributed by atoms with E-state index in [4.69, 9.17) is 9.72 Å². The highest BCUT2D eigenvalue weighted by Gasteiger charge is 2.29. The molecule has 0 radical (unpaired) electrons. The maximum Gasteiger partial charge on any atom is 0.241 e. The van der Waals surface area contributed by atoms with Crippen molar-refractivity contribution in [3.8, 4) is 11.3 Å². The number of halogens is 1. The van der Waals surface area contributed by atoms with Crippen LogP contribution in [0.5, 0.6) is 0 Å². The van der Waals surface area contributed by atoms with E-state index in [0.717, 1.165) is 41.0 Å². The second kappa shape index (κ2) is 7.07. The first kappa shape index (κ1) is 18.0. The maximum absolute atomic E-state index is 12.9. The quantitative estimate of drug-likeness (QED) is 0.540. The van der Waals surface area contributed by atoms with Gasteiger partial charge < -0.3 is 14.6 Å². The second-order valence-corrected chi connectivity index (χ2v) is 7.35. The predicted octanol–water partition coefficient (Wildman–Crippen LogP) is 3.01. The van der Waals surface area contributed by atoms with Crippen LogP contribution in [0.1, 0.15) is 18.7 Å². The molecule has 0 spiro atoms. The standard InChI is InChI=1S/C20H22FN7O/c1-12-23-17-4-3-16(25-19(17)27(12)8-6-21)15-5-7-28-18(15)11-22-20(26-28)24-13-9-14(10-13)29-2/h3-5,7,11,13-14H,6,8-10H2,1-2H3,(H,24,26). The van der Waals surface area contributed by atoms with Crippen molar-refractivity contribution in [3.63, 3.8) is 0 Å². The smallest absolute Gasteiger partial charge is 0.241 e. The van der Waals surface area contributed by atoms with E-state index in [0.29, 0.717) is 23.7 Å². The minimum atomic E-state index is -0.455. The fourth-order valence-electron chi connectivity index (χ4n) is 3.86. The average molecular weight is 395 g/mol. The molecular weight excluding hydrogens is 373 g/mol. The van der Waals surface area contributed by atoms with E-state index in [1.165, 1.54) is 0 Å². The maximum atomic E-state index is 12.9. The molecule has 5 rings (SSSR count). The first-order chi connectivity index (χ1) is 14.2. The zero-order valence-corrected chi connectivity index (χ0v) is 16.3. The van der Waals surface area contributed by atoms with E-state index in [-0.39, 0.29) is 6.54 Å². The van der Waals surface area contributed by atoms with Crippen LogP contribution in [-0.2, 0) is 11.3 Å². The van der Waals surface area contributed by atoms with Gasteiger partial charge in [-0.05, 0) is 38.0 Å². The van der Waals surface area contributed by atoms with Crippen LogP contribution >= 0.6 is 0 Å². The van der Waals surface area contributed by atoms with Gasteiger partial charge in [0.2, 0.25) is 5.95 Å². The van der Waals surface area contributed by atoms with Gasteiger partial charge in [0.25, 0.3) is 0 Å². The van der Waals surface area contributed by atoms with Crippen LogP contribution in [0.4, 0.5) is 10.3 Å². The summed E-state index contributed by atoms with van der Waals surface area (Å²) in [7, 11) is 1.74. The molecule has 1 aliphatic carbocycles. The summed E-state index contributed by atoms with van der Waals surface area (Å²) in [5.74, 6) is 1.36. The Morgan fingerprint density at radius 3 is 2.90 bits per heavy atom. The molecular formula is C20H22FN7O. The number of fused-ring (bicyclic) bond motifs is 2. The molecule has 0 amide bonds. The topological polar surface area (TPSA) is 82.2 Å². The highest BCUT2D eigenvalue weighted by molar-refractivity contribution is 5.82. The third kappa shape index (κ3) is 3.11. The van der Waals surface area contributed by atoms with E-state index < -0.39 is 6.67 Å². The predicted molar refractivity (Wildman–Crippen MR) is 108 cm³/mol. The lowest BCUT2D eigenvalue weighted by atomic mass is 9.89. The van der Waals surface area contributed by atoms with Crippen LogP contribution in [0.25, 0.3) is 27.9 Å². The normalized spacial score (nSPS) is 19.0. The molecule has 0 bridgehead atoms. The lowest BCUT2D eigenvalue weighted by Crippen LogP contribution is -2.40. The molecule has 0 atom stereocenters. The lowest BCUT2D eigenvalue weighted by molar-refractivity contribution is 0.0326. The van der Waals surface area contributed by atoms with E-state index in [2.05, 4.69) is 20.4 Å². The van der Waals surface area contributed by atoms with Crippen molar-refractivity contribution < 1.29 is 9.13 Å². The molecule has 1 saturated carbocycles. The van der Waals surface area contributed by atoms with Gasteiger partial charge in [0, 0.05) is 24.9 Å². The number of hydrogen-bond donors (Lipinski definition) is 1. The average Bonchev–Trinajstić information content (AvgIpc) is 3.25. The highest BCUT2D eigenvalue weighted by Crippen LogP contribution is 2.28. The van der Waals surface area contributed by atoms with Crippen LogP contribution in [0, 0.1) is 6.92 Å². The van der Waals surface area contributed by atoms with Crippen molar-refractivity contribution in [3.05, 3.63) is 36.4 Å². The zero-order chi connectivity index (χ0) is 20.0. The summed E-state index contributed by atoms with van der Waals surface area (Å²) in [6.45, 7) is 1.66. The number of ether oxygens (including phenoxy) is 1. The molecule has 4 heterocycles. The van der Waals surface area contributed by atoms with Crippen molar-refractivity contribution in [2.45, 2.75) is 38.5 Å². The largest absolute Gasteiger partial charge is 0.381 e. The molecule has 150 valence electrons. The molecule has 0 aliphatic heterocycles. The fourth-order valence-corrected chi connectivity index (χ4v) is 3.86. The molecule has 0 saturated heterocycles. The Balaban J connectivity index is 1.46. The number of nitrogens with zero attached hydrogens (tertiary/aromatic N) is 6. The molecule has 1 aliphatic rings. The van der Waals surface area contributed by atoms with Gasteiger partial charge in [0.05, 0.1) is 30.1 Å². The minimum absolute atomic E-state index is 0.249. The SMILES string of the molecule is COC1CC(Nc2ncc3c(-c4ccc5nc(C)n(CCF)c5n4)ccn3n2)C1. The van der Waals surface area contributed by atoms with Crippen molar-refractivity contribution in [1.82, 2.24) is 29.1 Å². The van der Waals surface area contributed by atoms with Crippen LogP contribution in [-0.4, -0.2) is 55.1 Å². The van der Waals surface area contributed by atoms with E-state index in [1.54, 1.807) is 17.8 Å². The van der Waals surface area contributed by atoms with Crippen LogP contribution in [0.15, 0.2) is 30.6 Å². The number of alkyl halides is 1. The Morgan fingerprint density at radius 1 is 1.24 bits per heavy atom. The van der Waals surface area contributed by atoms with E-state index in [1.807, 2.05) is 35.9 Å². The number of aromatic nitrogens is 6. The molecule has 9 heteroatoms. The Labute approximate surface area is 166 Å². The monoisotopic (exact) mass is 395 g/mol. The lowest BCUT2D eigenvalue weighted by Gasteiger charge is -2.34. The van der Waals surface area contributed by atoms with E-state index in [9.17, 15) is 4.39 Å². The van der Waals surface area contributed by atoms with Gasteiger partial charge in [-0.1, -0.05) is 0 Å². The number of rotatable bonds is 6. The molecule has 0 aromatic carbocycles. The Bertz CT molecular complexity index is 1180. The molecule has 29 heavy (non-hydrogen) atoms. The summed E-state index contributed by atoms with van der Waals surface area (Å²) in [6, 6.07) is 6.16. The number of methoxy groups -OCH3 is 1. The molecule has 4 aromatic heterocycles. The van der Waals surface area contributed by atoms with Gasteiger partial charge in [0.1, 0.15) is 18.0 Å². The number of anilines is 1. The third-order valence-electron chi connectivity index (χ3n) is 5.55. The number of hydrogen-bond acceptors (Lipinski definition) is 6. The van der Waals surface area contributed by atoms with Crippen molar-refractivity contribution in [2.75, 3.05) is 19.1 Å². The third-order valence-corrected chi connectivity index (χ3v) is 5.55. The van der Waals surface area contributed by atoms with Crippen LogP contribution in [0.3, 0.4) is 0 Å². The van der Waals surface area contributed by atoms with Gasteiger partial charge in [-0.15, -0.1) is 5.10 Å². The van der Waals surface area contributed by atoms with Gasteiger partial charge >= 0.3 is 0 Å². The van der Waals surface area contributed by atoms with Crippen molar-refractivity contribution in [1.29, 1.82) is 0 Å². The number of aryl methyl sites for hydroxylation is 2. The molecule has 1 fully saturated rings. The van der Waals surface area contributed by atoms with Gasteiger partial charge in [-0.25, -0.2) is 23.9 Å². The summed E-state index contributed by atoms with van der Waals surface area (Å²) >= 11 is 0. The second-order valence-electron chi connectivity index (χ2n) is 7.35. The molecule has 4 aromatic rings. The summed E-state index contributed by atoms with van der Waals surface area (Å²) in [5, 5.41) is 7.91. The summed E-state index contributed by atoms with van der Waals surface area (Å²) < 4.78 is 21.9. The van der Waals surface area contributed by atoms with E-state index >= 15 is 0 Å². The Hall–Kier alpha value is -3.07.